The summed E-state index contributed by atoms with van der Waals surface area (Å²) in [6.45, 7) is 4.59. The zero-order valence-electron chi connectivity index (χ0n) is 14.3. The number of hydrazone groups is 1. The summed E-state index contributed by atoms with van der Waals surface area (Å²) in [5, 5.41) is 7.11. The second-order valence-electron chi connectivity index (χ2n) is 5.11. The number of thiophene rings is 1. The highest BCUT2D eigenvalue weighted by atomic mass is 32.1. The first-order valence-corrected chi connectivity index (χ1v) is 9.52. The van der Waals surface area contributed by atoms with Crippen LogP contribution in [0.5, 0.6) is 11.5 Å². The number of aryl methyl sites for hydroxylation is 1. The van der Waals surface area contributed by atoms with Crippen LogP contribution in [0.1, 0.15) is 17.4 Å². The molecular formula is C18H19N3O2S2. The molecule has 0 aliphatic carbocycles. The second-order valence-corrected chi connectivity index (χ2v) is 7.27. The van der Waals surface area contributed by atoms with Crippen molar-refractivity contribution in [1.29, 1.82) is 0 Å². The Balaban J connectivity index is 1.71. The molecule has 0 amide bonds. The number of nitrogens with zero attached hydrogens (tertiary/aromatic N) is 2. The number of aromatic nitrogens is 1. The molecule has 0 unspecified atom stereocenters. The minimum atomic E-state index is 0.582. The lowest BCUT2D eigenvalue weighted by Crippen LogP contribution is -1.97. The molecule has 130 valence electrons. The lowest BCUT2D eigenvalue weighted by Gasteiger charge is -2.09. The Morgan fingerprint density at radius 3 is 2.88 bits per heavy atom. The van der Waals surface area contributed by atoms with Gasteiger partial charge in [0.2, 0.25) is 5.13 Å². The van der Waals surface area contributed by atoms with Gasteiger partial charge in [-0.25, -0.2) is 4.98 Å². The molecule has 1 N–H and O–H groups in total. The Kier molecular flexibility index (Phi) is 5.67. The molecule has 7 heteroatoms. The molecule has 0 atom stereocenters. The number of benzene rings is 1. The summed E-state index contributed by atoms with van der Waals surface area (Å²) in [6, 6.07) is 9.80. The van der Waals surface area contributed by atoms with Gasteiger partial charge in [0, 0.05) is 4.88 Å². The van der Waals surface area contributed by atoms with Crippen molar-refractivity contribution in [2.45, 2.75) is 13.8 Å². The zero-order chi connectivity index (χ0) is 17.6. The van der Waals surface area contributed by atoms with Crippen LogP contribution in [0.3, 0.4) is 0 Å². The summed E-state index contributed by atoms with van der Waals surface area (Å²) in [7, 11) is 1.63. The smallest absolute Gasteiger partial charge is 0.204 e. The van der Waals surface area contributed by atoms with Gasteiger partial charge in [0.15, 0.2) is 11.5 Å². The van der Waals surface area contributed by atoms with E-state index in [-0.39, 0.29) is 0 Å². The van der Waals surface area contributed by atoms with Crippen LogP contribution in [0.15, 0.2) is 40.8 Å². The molecule has 1 aromatic carbocycles. The number of nitrogens with one attached hydrogen (secondary N) is 1. The molecule has 2 aromatic heterocycles. The number of hydrogen-bond acceptors (Lipinski definition) is 7. The Bertz CT molecular complexity index is 857. The highest BCUT2D eigenvalue weighted by molar-refractivity contribution is 7.17. The van der Waals surface area contributed by atoms with E-state index in [9.17, 15) is 0 Å². The number of thiazole rings is 1. The van der Waals surface area contributed by atoms with Crippen LogP contribution in [-0.4, -0.2) is 24.9 Å². The molecule has 0 saturated carbocycles. The van der Waals surface area contributed by atoms with Crippen molar-refractivity contribution in [2.75, 3.05) is 19.1 Å². The third kappa shape index (κ3) is 4.18. The molecule has 0 saturated heterocycles. The molecule has 0 spiro atoms. The van der Waals surface area contributed by atoms with Gasteiger partial charge in [-0.2, -0.15) is 5.10 Å². The lowest BCUT2D eigenvalue weighted by molar-refractivity contribution is 0.311. The van der Waals surface area contributed by atoms with E-state index in [1.54, 1.807) is 36.0 Å². The predicted octanol–water partition coefficient (Wildman–Crippen LogP) is 5.03. The number of methoxy groups -OCH3 is 1. The average molecular weight is 374 g/mol. The Morgan fingerprint density at radius 1 is 1.28 bits per heavy atom. The lowest BCUT2D eigenvalue weighted by atomic mass is 10.2. The van der Waals surface area contributed by atoms with E-state index in [0.29, 0.717) is 18.1 Å². The van der Waals surface area contributed by atoms with E-state index in [1.165, 1.54) is 9.75 Å². The van der Waals surface area contributed by atoms with Gasteiger partial charge in [-0.05, 0) is 49.1 Å². The number of rotatable bonds is 7. The van der Waals surface area contributed by atoms with E-state index in [1.807, 2.05) is 31.2 Å². The molecule has 5 nitrogen and oxygen atoms in total. The fourth-order valence-electron chi connectivity index (χ4n) is 2.29. The van der Waals surface area contributed by atoms with E-state index in [4.69, 9.17) is 9.47 Å². The summed E-state index contributed by atoms with van der Waals surface area (Å²) in [5.41, 5.74) is 4.94. The van der Waals surface area contributed by atoms with Crippen molar-refractivity contribution in [2.24, 2.45) is 5.10 Å². The SMILES string of the molecule is CCOc1cc(/C=N\Nc2nc(-c3cccs3)c(C)s2)ccc1OC. The Morgan fingerprint density at radius 2 is 2.16 bits per heavy atom. The summed E-state index contributed by atoms with van der Waals surface area (Å²) in [6.07, 6.45) is 1.74. The summed E-state index contributed by atoms with van der Waals surface area (Å²) in [5.74, 6) is 1.42. The molecule has 0 aliphatic rings. The van der Waals surface area contributed by atoms with Crippen LogP contribution >= 0.6 is 22.7 Å². The number of hydrogen-bond donors (Lipinski definition) is 1. The molecule has 0 bridgehead atoms. The van der Waals surface area contributed by atoms with E-state index in [2.05, 4.69) is 33.9 Å². The second kappa shape index (κ2) is 8.13. The molecular weight excluding hydrogens is 354 g/mol. The first-order valence-electron chi connectivity index (χ1n) is 7.82. The third-order valence-corrected chi connectivity index (χ3v) is 5.16. The molecule has 3 aromatic rings. The highest BCUT2D eigenvalue weighted by Gasteiger charge is 2.10. The Hall–Kier alpha value is -2.38. The van der Waals surface area contributed by atoms with Gasteiger partial charge in [-0.1, -0.05) is 6.07 Å². The van der Waals surface area contributed by atoms with Crippen molar-refractivity contribution < 1.29 is 9.47 Å². The fourth-order valence-corrected chi connectivity index (χ4v) is 3.90. The minimum absolute atomic E-state index is 0.582. The maximum absolute atomic E-state index is 5.58. The number of ether oxygens (including phenoxy) is 2. The summed E-state index contributed by atoms with van der Waals surface area (Å²) in [4.78, 5) is 6.96. The molecule has 25 heavy (non-hydrogen) atoms. The maximum Gasteiger partial charge on any atom is 0.204 e. The van der Waals surface area contributed by atoms with Crippen molar-refractivity contribution in [3.05, 3.63) is 46.2 Å². The van der Waals surface area contributed by atoms with Crippen molar-refractivity contribution in [3.8, 4) is 22.1 Å². The van der Waals surface area contributed by atoms with E-state index >= 15 is 0 Å². The predicted molar refractivity (Wildman–Crippen MR) is 106 cm³/mol. The molecule has 3 rings (SSSR count). The van der Waals surface area contributed by atoms with Crippen LogP contribution in [0.25, 0.3) is 10.6 Å². The van der Waals surface area contributed by atoms with Gasteiger partial charge in [0.25, 0.3) is 0 Å². The first-order chi connectivity index (χ1) is 12.2. The zero-order valence-corrected chi connectivity index (χ0v) is 15.9. The van der Waals surface area contributed by atoms with Gasteiger partial charge in [-0.3, -0.25) is 5.43 Å². The third-order valence-electron chi connectivity index (χ3n) is 3.41. The van der Waals surface area contributed by atoms with Crippen LogP contribution in [-0.2, 0) is 0 Å². The van der Waals surface area contributed by atoms with Crippen LogP contribution in [0, 0.1) is 6.92 Å². The molecule has 0 radical (unpaired) electrons. The summed E-state index contributed by atoms with van der Waals surface area (Å²) < 4.78 is 10.9. The van der Waals surface area contributed by atoms with Gasteiger partial charge >= 0.3 is 0 Å². The summed E-state index contributed by atoms with van der Waals surface area (Å²) >= 11 is 3.28. The van der Waals surface area contributed by atoms with Crippen LogP contribution < -0.4 is 14.9 Å². The molecule has 0 fully saturated rings. The number of anilines is 1. The quantitative estimate of drug-likeness (QED) is 0.466. The van der Waals surface area contributed by atoms with Crippen LogP contribution in [0.4, 0.5) is 5.13 Å². The van der Waals surface area contributed by atoms with E-state index in [0.717, 1.165) is 16.4 Å². The monoisotopic (exact) mass is 373 g/mol. The van der Waals surface area contributed by atoms with Gasteiger partial charge in [0.1, 0.15) is 0 Å². The van der Waals surface area contributed by atoms with Crippen molar-refractivity contribution in [3.63, 3.8) is 0 Å². The van der Waals surface area contributed by atoms with Gasteiger partial charge in [-0.15, -0.1) is 22.7 Å². The van der Waals surface area contributed by atoms with Crippen molar-refractivity contribution >= 4 is 34.0 Å². The van der Waals surface area contributed by atoms with Gasteiger partial charge in [0.05, 0.1) is 30.5 Å². The largest absolute Gasteiger partial charge is 0.493 e. The minimum Gasteiger partial charge on any atom is -0.493 e. The maximum atomic E-state index is 5.58. The van der Waals surface area contributed by atoms with Gasteiger partial charge < -0.3 is 9.47 Å². The van der Waals surface area contributed by atoms with Crippen molar-refractivity contribution in [1.82, 2.24) is 4.98 Å². The first kappa shape index (κ1) is 17.4. The van der Waals surface area contributed by atoms with E-state index < -0.39 is 0 Å². The Labute approximate surface area is 155 Å². The molecule has 2 heterocycles. The topological polar surface area (TPSA) is 55.7 Å². The average Bonchev–Trinajstić information content (AvgIpc) is 3.25. The highest BCUT2D eigenvalue weighted by Crippen LogP contribution is 2.33. The molecule has 0 aliphatic heterocycles. The normalized spacial score (nSPS) is 11.0. The standard InChI is InChI=1S/C18H19N3O2S2/c1-4-23-15-10-13(7-8-14(15)22-3)11-19-21-18-20-17(12(2)25-18)16-6-5-9-24-16/h5-11H,4H2,1-3H3,(H,20,21)/b19-11-. The van der Waals surface area contributed by atoms with Crippen LogP contribution in [0.2, 0.25) is 0 Å². The fraction of sp³-hybridized carbons (Fsp3) is 0.222.